The number of sulfonamides is 1. The van der Waals surface area contributed by atoms with Gasteiger partial charge in [-0.1, -0.05) is 11.6 Å². The first-order valence-corrected chi connectivity index (χ1v) is 12.3. The molecule has 3 heterocycles. The Balaban J connectivity index is 1.44. The van der Waals surface area contributed by atoms with Crippen molar-refractivity contribution in [2.75, 3.05) is 31.6 Å². The van der Waals surface area contributed by atoms with Crippen molar-refractivity contribution in [2.24, 2.45) is 0 Å². The topological polar surface area (TPSA) is 107 Å². The summed E-state index contributed by atoms with van der Waals surface area (Å²) in [7, 11) is -3.70. The molecule has 4 rings (SSSR count). The summed E-state index contributed by atoms with van der Waals surface area (Å²) in [5.41, 5.74) is -1.59. The molecule has 3 aromatic rings. The van der Waals surface area contributed by atoms with Gasteiger partial charge in [0.15, 0.2) is 5.76 Å². The van der Waals surface area contributed by atoms with E-state index < -0.39 is 51.7 Å². The van der Waals surface area contributed by atoms with Crippen molar-refractivity contribution in [3.63, 3.8) is 0 Å². The Labute approximate surface area is 207 Å². The van der Waals surface area contributed by atoms with Gasteiger partial charge in [-0.25, -0.2) is 26.0 Å². The van der Waals surface area contributed by atoms with E-state index in [1.807, 2.05) is 0 Å². The molecule has 0 saturated carbocycles. The monoisotopic (exact) mass is 550 g/mol. The number of nitrogens with one attached hydrogen (secondary N) is 1. The lowest BCUT2D eigenvalue weighted by Gasteiger charge is -2.26. The third kappa shape index (κ3) is 5.40. The molecule has 1 saturated heterocycles. The third-order valence-corrected chi connectivity index (χ3v) is 7.58. The molecule has 9 nitrogen and oxygen atoms in total. The highest BCUT2D eigenvalue weighted by atomic mass is 35.5. The van der Waals surface area contributed by atoms with E-state index in [4.69, 9.17) is 20.8 Å². The molecule has 1 aliphatic heterocycles. The Morgan fingerprint density at radius 2 is 1.72 bits per heavy atom. The highest BCUT2D eigenvalue weighted by molar-refractivity contribution is 7.89. The second-order valence-corrected chi connectivity index (χ2v) is 9.92. The number of aromatic nitrogens is 2. The van der Waals surface area contributed by atoms with Gasteiger partial charge in [-0.3, -0.25) is 9.48 Å². The highest BCUT2D eigenvalue weighted by Crippen LogP contribution is 2.35. The first kappa shape index (κ1) is 26.1. The fourth-order valence-corrected chi connectivity index (χ4v) is 5.22. The predicted molar refractivity (Wildman–Crippen MR) is 119 cm³/mol. The van der Waals surface area contributed by atoms with Gasteiger partial charge >= 0.3 is 0 Å². The zero-order chi connectivity index (χ0) is 26.0. The smallest absolute Gasteiger partial charge is 0.291 e. The van der Waals surface area contributed by atoms with E-state index in [0.29, 0.717) is 17.9 Å². The van der Waals surface area contributed by atoms with Gasteiger partial charge in [-0.2, -0.15) is 9.40 Å². The van der Waals surface area contributed by atoms with Gasteiger partial charge in [-0.05, 0) is 36.4 Å². The molecule has 2 aromatic heterocycles. The van der Waals surface area contributed by atoms with Crippen LogP contribution in [-0.2, 0) is 21.3 Å². The Morgan fingerprint density at radius 1 is 1.06 bits per heavy atom. The largest absolute Gasteiger partial charge is 0.454 e. The number of benzene rings is 1. The second kappa shape index (κ2) is 10.6. The molecule has 0 aliphatic carbocycles. The average molecular weight is 551 g/mol. The maximum absolute atomic E-state index is 13.3. The van der Waals surface area contributed by atoms with Crippen LogP contribution in [0.4, 0.5) is 23.2 Å². The molecule has 0 spiro atoms. The molecule has 1 fully saturated rings. The first-order valence-electron chi connectivity index (χ1n) is 10.5. The summed E-state index contributed by atoms with van der Waals surface area (Å²) < 4.78 is 90.5. The number of carbonyl (C=O) groups excluding carboxylic acids is 1. The predicted octanol–water partition coefficient (Wildman–Crippen LogP) is 4.33. The van der Waals surface area contributed by atoms with Gasteiger partial charge in [0.1, 0.15) is 17.1 Å². The quantitative estimate of drug-likeness (QED) is 0.419. The molecular weight excluding hydrogens is 532 g/mol. The first-order chi connectivity index (χ1) is 17.1. The van der Waals surface area contributed by atoms with Gasteiger partial charge in [0.05, 0.1) is 29.7 Å². The standard InChI is InChI=1S/C21H19ClF4N4O5S/c22-16-17(19(23)24)28-30(18(16)20(25)26)11-13-3-6-15(35-13)21(31)27-12-1-4-14(5-2-12)36(32,33)29-7-9-34-10-8-29/h1-6,19-20H,7-11H2,(H,27,31). The number of anilines is 1. The lowest BCUT2D eigenvalue weighted by Crippen LogP contribution is -2.40. The zero-order valence-corrected chi connectivity index (χ0v) is 19.9. The minimum atomic E-state index is -3.70. The van der Waals surface area contributed by atoms with E-state index in [1.165, 1.54) is 40.7 Å². The van der Waals surface area contributed by atoms with E-state index >= 15 is 0 Å². The van der Waals surface area contributed by atoms with Crippen LogP contribution in [0.1, 0.15) is 40.6 Å². The normalized spacial score (nSPS) is 15.1. The van der Waals surface area contributed by atoms with Crippen molar-refractivity contribution in [1.29, 1.82) is 0 Å². The van der Waals surface area contributed by atoms with Crippen molar-refractivity contribution >= 4 is 33.2 Å². The summed E-state index contributed by atoms with van der Waals surface area (Å²) in [5.74, 6) is -0.902. The zero-order valence-electron chi connectivity index (χ0n) is 18.3. The Bertz CT molecular complexity index is 1340. The summed E-state index contributed by atoms with van der Waals surface area (Å²) in [4.78, 5) is 12.6. The molecule has 1 amide bonds. The van der Waals surface area contributed by atoms with Crippen molar-refractivity contribution in [3.8, 4) is 0 Å². The number of alkyl halides is 4. The fourth-order valence-electron chi connectivity index (χ4n) is 3.51. The van der Waals surface area contributed by atoms with Gasteiger partial charge in [0.2, 0.25) is 10.0 Å². The van der Waals surface area contributed by atoms with Gasteiger partial charge < -0.3 is 14.5 Å². The van der Waals surface area contributed by atoms with E-state index in [-0.39, 0.29) is 35.2 Å². The lowest BCUT2D eigenvalue weighted by atomic mass is 10.3. The number of rotatable bonds is 8. The van der Waals surface area contributed by atoms with Crippen molar-refractivity contribution in [2.45, 2.75) is 24.3 Å². The van der Waals surface area contributed by atoms with Crippen LogP contribution in [0.25, 0.3) is 0 Å². The molecule has 1 N–H and O–H groups in total. The van der Waals surface area contributed by atoms with Crippen LogP contribution in [0.5, 0.6) is 0 Å². The number of halogens is 5. The number of hydrogen-bond acceptors (Lipinski definition) is 6. The molecule has 36 heavy (non-hydrogen) atoms. The third-order valence-electron chi connectivity index (χ3n) is 5.28. The van der Waals surface area contributed by atoms with Crippen LogP contribution in [-0.4, -0.2) is 54.7 Å². The summed E-state index contributed by atoms with van der Waals surface area (Å²) >= 11 is 5.63. The number of furan rings is 1. The van der Waals surface area contributed by atoms with E-state index in [9.17, 15) is 30.8 Å². The van der Waals surface area contributed by atoms with Crippen LogP contribution >= 0.6 is 11.6 Å². The Kier molecular flexibility index (Phi) is 7.68. The van der Waals surface area contributed by atoms with Crippen LogP contribution in [0.15, 0.2) is 45.7 Å². The second-order valence-electron chi connectivity index (χ2n) is 7.60. The van der Waals surface area contributed by atoms with Crippen LogP contribution < -0.4 is 5.32 Å². The number of carbonyl (C=O) groups is 1. The molecular formula is C21H19ClF4N4O5S. The van der Waals surface area contributed by atoms with Crippen molar-refractivity contribution < 1.29 is 39.9 Å². The Hall–Kier alpha value is -2.94. The van der Waals surface area contributed by atoms with Crippen LogP contribution in [0.3, 0.4) is 0 Å². The fraction of sp³-hybridized carbons (Fsp3) is 0.333. The van der Waals surface area contributed by atoms with E-state index in [0.717, 1.165) is 0 Å². The minimum absolute atomic E-state index is 0.00557. The maximum atomic E-state index is 13.3. The molecule has 0 unspecified atom stereocenters. The molecule has 0 bridgehead atoms. The number of morpholine rings is 1. The van der Waals surface area contributed by atoms with Gasteiger partial charge in [0, 0.05) is 18.8 Å². The van der Waals surface area contributed by atoms with E-state index in [2.05, 4.69) is 10.4 Å². The highest BCUT2D eigenvalue weighted by Gasteiger charge is 2.29. The summed E-state index contributed by atoms with van der Waals surface area (Å²) in [6, 6.07) is 8.08. The van der Waals surface area contributed by atoms with Crippen molar-refractivity contribution in [1.82, 2.24) is 14.1 Å². The summed E-state index contributed by atoms with van der Waals surface area (Å²) in [6.45, 7) is 0.641. The summed E-state index contributed by atoms with van der Waals surface area (Å²) in [6.07, 6.45) is -6.31. The van der Waals surface area contributed by atoms with Gasteiger partial charge in [0.25, 0.3) is 18.8 Å². The molecule has 0 atom stereocenters. The number of nitrogens with zero attached hydrogens (tertiary/aromatic N) is 3. The van der Waals surface area contributed by atoms with Gasteiger partial charge in [-0.15, -0.1) is 0 Å². The van der Waals surface area contributed by atoms with Crippen molar-refractivity contribution in [3.05, 3.63) is 64.3 Å². The molecule has 194 valence electrons. The average Bonchev–Trinajstić information content (AvgIpc) is 3.44. The van der Waals surface area contributed by atoms with Crippen LogP contribution in [0.2, 0.25) is 5.02 Å². The number of amides is 1. The summed E-state index contributed by atoms with van der Waals surface area (Å²) in [5, 5.41) is 5.14. The maximum Gasteiger partial charge on any atom is 0.291 e. The van der Waals surface area contributed by atoms with Crippen LogP contribution in [0, 0.1) is 0 Å². The number of hydrogen-bond donors (Lipinski definition) is 1. The molecule has 15 heteroatoms. The lowest BCUT2D eigenvalue weighted by molar-refractivity contribution is 0.0730. The number of ether oxygens (including phenoxy) is 1. The molecule has 1 aliphatic rings. The Morgan fingerprint density at radius 3 is 2.33 bits per heavy atom. The molecule has 1 aromatic carbocycles. The minimum Gasteiger partial charge on any atom is -0.454 e. The van der Waals surface area contributed by atoms with E-state index in [1.54, 1.807) is 0 Å². The molecule has 0 radical (unpaired) electrons. The SMILES string of the molecule is O=C(Nc1ccc(S(=O)(=O)N2CCOCC2)cc1)c1ccc(Cn2nc(C(F)F)c(Cl)c2C(F)F)o1.